The van der Waals surface area contributed by atoms with E-state index < -0.39 is 5.60 Å². The van der Waals surface area contributed by atoms with Crippen molar-refractivity contribution < 1.29 is 14.7 Å². The zero-order valence-corrected chi connectivity index (χ0v) is 11.8. The third-order valence-electron chi connectivity index (χ3n) is 3.42. The van der Waals surface area contributed by atoms with Crippen LogP contribution in [0.15, 0.2) is 18.2 Å². The molecule has 3 N–H and O–H groups in total. The molecule has 1 aliphatic heterocycles. The number of carbonyl (C=O) groups is 2. The largest absolute Gasteiger partial charge is 0.388 e. The zero-order valence-electron chi connectivity index (χ0n) is 11.8. The van der Waals surface area contributed by atoms with Gasteiger partial charge in [-0.05, 0) is 31.0 Å². The van der Waals surface area contributed by atoms with Gasteiger partial charge >= 0.3 is 0 Å². The van der Waals surface area contributed by atoms with Crippen molar-refractivity contribution in [2.24, 2.45) is 0 Å². The number of hydrogen-bond donors (Lipinski definition) is 3. The van der Waals surface area contributed by atoms with E-state index >= 15 is 0 Å². The summed E-state index contributed by atoms with van der Waals surface area (Å²) >= 11 is 0. The molecule has 5 nitrogen and oxygen atoms in total. The predicted molar refractivity (Wildman–Crippen MR) is 76.6 cm³/mol. The van der Waals surface area contributed by atoms with Crippen molar-refractivity contribution in [1.29, 1.82) is 0 Å². The van der Waals surface area contributed by atoms with Gasteiger partial charge in [-0.25, -0.2) is 0 Å². The Balaban J connectivity index is 2.00. The number of carbonyl (C=O) groups excluding carboxylic acids is 2. The molecule has 1 heterocycles. The van der Waals surface area contributed by atoms with Crippen LogP contribution in [0.4, 0.5) is 5.69 Å². The van der Waals surface area contributed by atoms with Crippen molar-refractivity contribution in [3.63, 3.8) is 0 Å². The highest BCUT2D eigenvalue weighted by molar-refractivity contribution is 6.02. The van der Waals surface area contributed by atoms with Crippen molar-refractivity contribution in [2.75, 3.05) is 11.9 Å². The molecule has 2 amide bonds. The number of fused-ring (bicyclic) bond motifs is 1. The monoisotopic (exact) mass is 276 g/mol. The number of nitrogens with one attached hydrogen (secondary N) is 2. The van der Waals surface area contributed by atoms with Crippen LogP contribution in [0.2, 0.25) is 0 Å². The molecule has 0 saturated carbocycles. The van der Waals surface area contributed by atoms with E-state index in [1.807, 2.05) is 6.92 Å². The minimum absolute atomic E-state index is 0.0524. The van der Waals surface area contributed by atoms with Crippen molar-refractivity contribution in [3.8, 4) is 0 Å². The van der Waals surface area contributed by atoms with E-state index in [0.29, 0.717) is 24.1 Å². The topological polar surface area (TPSA) is 78.4 Å². The molecule has 0 fully saturated rings. The summed E-state index contributed by atoms with van der Waals surface area (Å²) in [4.78, 5) is 23.3. The molecule has 2 rings (SSSR count). The van der Waals surface area contributed by atoms with Gasteiger partial charge in [0.05, 0.1) is 12.0 Å². The summed E-state index contributed by atoms with van der Waals surface area (Å²) in [6.07, 6.45) is 1.85. The molecular formula is C15H20N2O3. The maximum absolute atomic E-state index is 12.0. The van der Waals surface area contributed by atoms with Gasteiger partial charge in [0.25, 0.3) is 5.91 Å². The summed E-state index contributed by atoms with van der Waals surface area (Å²) in [5.41, 5.74) is 1.20. The average Bonchev–Trinajstić information content (AvgIpc) is 2.75. The highest BCUT2D eigenvalue weighted by atomic mass is 16.3. The summed E-state index contributed by atoms with van der Waals surface area (Å²) < 4.78 is 0. The number of aliphatic hydroxyl groups is 1. The quantitative estimate of drug-likeness (QED) is 0.762. The van der Waals surface area contributed by atoms with Gasteiger partial charge in [0.2, 0.25) is 5.91 Å². The molecule has 5 heteroatoms. The first-order chi connectivity index (χ1) is 9.41. The van der Waals surface area contributed by atoms with Gasteiger partial charge in [0.15, 0.2) is 0 Å². The first kappa shape index (κ1) is 14.5. The molecule has 0 spiro atoms. The van der Waals surface area contributed by atoms with Gasteiger partial charge in [0, 0.05) is 17.8 Å². The van der Waals surface area contributed by atoms with E-state index in [0.717, 1.165) is 12.0 Å². The van der Waals surface area contributed by atoms with E-state index in [-0.39, 0.29) is 18.4 Å². The normalized spacial score (nSPS) is 16.2. The van der Waals surface area contributed by atoms with Crippen LogP contribution in [0.25, 0.3) is 0 Å². The van der Waals surface area contributed by atoms with Crippen LogP contribution >= 0.6 is 0 Å². The number of rotatable bonds is 5. The molecule has 20 heavy (non-hydrogen) atoms. The Labute approximate surface area is 118 Å². The Morgan fingerprint density at radius 2 is 2.25 bits per heavy atom. The van der Waals surface area contributed by atoms with Crippen LogP contribution in [-0.4, -0.2) is 29.1 Å². The van der Waals surface area contributed by atoms with E-state index in [2.05, 4.69) is 10.6 Å². The summed E-state index contributed by atoms with van der Waals surface area (Å²) in [5, 5.41) is 15.5. The van der Waals surface area contributed by atoms with Crippen LogP contribution in [0.3, 0.4) is 0 Å². The molecule has 1 aromatic rings. The number of anilines is 1. The fourth-order valence-electron chi connectivity index (χ4n) is 2.36. The minimum atomic E-state index is -0.893. The maximum Gasteiger partial charge on any atom is 0.251 e. The maximum atomic E-state index is 12.0. The molecule has 0 radical (unpaired) electrons. The van der Waals surface area contributed by atoms with Crippen LogP contribution in [0.5, 0.6) is 0 Å². The van der Waals surface area contributed by atoms with Crippen LogP contribution in [0, 0.1) is 0 Å². The summed E-state index contributed by atoms with van der Waals surface area (Å²) in [7, 11) is 0. The van der Waals surface area contributed by atoms with Gasteiger partial charge in [-0.3, -0.25) is 9.59 Å². The van der Waals surface area contributed by atoms with Gasteiger partial charge in [-0.2, -0.15) is 0 Å². The molecule has 0 bridgehead atoms. The van der Waals surface area contributed by atoms with Crippen molar-refractivity contribution in [2.45, 2.75) is 38.7 Å². The number of hydrogen-bond acceptors (Lipinski definition) is 3. The third-order valence-corrected chi connectivity index (χ3v) is 3.42. The molecule has 1 atom stereocenters. The number of amides is 2. The van der Waals surface area contributed by atoms with Gasteiger partial charge in [0.1, 0.15) is 0 Å². The van der Waals surface area contributed by atoms with Gasteiger partial charge in [-0.15, -0.1) is 0 Å². The van der Waals surface area contributed by atoms with Gasteiger partial charge < -0.3 is 15.7 Å². The summed E-state index contributed by atoms with van der Waals surface area (Å²) in [6, 6.07) is 5.15. The lowest BCUT2D eigenvalue weighted by molar-refractivity contribution is -0.115. The predicted octanol–water partition coefficient (Wildman–Crippen LogP) is 1.46. The standard InChI is InChI=1S/C15H20N2O3/c1-3-6-15(2,20)9-16-14(19)11-5-4-10-8-13(18)17-12(10)7-11/h4-5,7,20H,3,6,8-9H2,1-2H3,(H,16,19)(H,17,18). The lowest BCUT2D eigenvalue weighted by Crippen LogP contribution is -2.40. The molecular weight excluding hydrogens is 256 g/mol. The van der Waals surface area contributed by atoms with Crippen LogP contribution in [0.1, 0.15) is 42.6 Å². The fourth-order valence-corrected chi connectivity index (χ4v) is 2.36. The second kappa shape index (κ2) is 5.63. The Morgan fingerprint density at radius 3 is 2.95 bits per heavy atom. The number of benzene rings is 1. The van der Waals surface area contributed by atoms with Gasteiger partial charge in [-0.1, -0.05) is 19.4 Å². The smallest absolute Gasteiger partial charge is 0.251 e. The fraction of sp³-hybridized carbons (Fsp3) is 0.467. The average molecular weight is 276 g/mol. The van der Waals surface area contributed by atoms with Crippen molar-refractivity contribution in [3.05, 3.63) is 29.3 Å². The second-order valence-corrected chi connectivity index (χ2v) is 5.53. The van der Waals surface area contributed by atoms with Crippen molar-refractivity contribution in [1.82, 2.24) is 5.32 Å². The third kappa shape index (κ3) is 3.36. The highest BCUT2D eigenvalue weighted by Gasteiger charge is 2.22. The first-order valence-electron chi connectivity index (χ1n) is 6.84. The Morgan fingerprint density at radius 1 is 1.50 bits per heavy atom. The molecule has 1 unspecified atom stereocenters. The van der Waals surface area contributed by atoms with E-state index in [9.17, 15) is 14.7 Å². The Hall–Kier alpha value is -1.88. The lowest BCUT2D eigenvalue weighted by Gasteiger charge is -2.22. The SMILES string of the molecule is CCCC(C)(O)CNC(=O)c1ccc2c(c1)NC(=O)C2. The highest BCUT2D eigenvalue weighted by Crippen LogP contribution is 2.24. The lowest BCUT2D eigenvalue weighted by atomic mass is 10.0. The summed E-state index contributed by atoms with van der Waals surface area (Å²) in [5.74, 6) is -0.297. The molecule has 108 valence electrons. The molecule has 1 aromatic carbocycles. The Kier molecular flexibility index (Phi) is 4.09. The first-order valence-corrected chi connectivity index (χ1v) is 6.84. The summed E-state index contributed by atoms with van der Waals surface area (Å²) in [6.45, 7) is 3.91. The van der Waals surface area contributed by atoms with E-state index in [4.69, 9.17) is 0 Å². The molecule has 0 saturated heterocycles. The van der Waals surface area contributed by atoms with Crippen molar-refractivity contribution >= 4 is 17.5 Å². The van der Waals surface area contributed by atoms with Crippen LogP contribution < -0.4 is 10.6 Å². The van der Waals surface area contributed by atoms with Crippen LogP contribution in [-0.2, 0) is 11.2 Å². The minimum Gasteiger partial charge on any atom is -0.388 e. The molecule has 1 aliphatic rings. The Bertz CT molecular complexity index is 538. The zero-order chi connectivity index (χ0) is 14.8. The molecule has 0 aromatic heterocycles. The second-order valence-electron chi connectivity index (χ2n) is 5.53. The molecule has 0 aliphatic carbocycles. The van der Waals surface area contributed by atoms with E-state index in [1.165, 1.54) is 0 Å². The van der Waals surface area contributed by atoms with E-state index in [1.54, 1.807) is 25.1 Å².